The zero-order chi connectivity index (χ0) is 33.1. The maximum absolute atomic E-state index is 13.2. The summed E-state index contributed by atoms with van der Waals surface area (Å²) in [5.41, 5.74) is 6.01. The van der Waals surface area contributed by atoms with Crippen LogP contribution in [0.2, 0.25) is 0 Å². The molecule has 8 heteroatoms. The van der Waals surface area contributed by atoms with Crippen LogP contribution in [0.3, 0.4) is 0 Å². The monoisotopic (exact) mass is 654 g/mol. The van der Waals surface area contributed by atoms with Gasteiger partial charge in [-0.1, -0.05) is 118 Å². The molecule has 0 N–H and O–H groups in total. The van der Waals surface area contributed by atoms with E-state index < -0.39 is 22.9 Å². The van der Waals surface area contributed by atoms with Gasteiger partial charge in [-0.15, -0.1) is 0 Å². The highest BCUT2D eigenvalue weighted by Gasteiger charge is 2.22. The van der Waals surface area contributed by atoms with E-state index in [1.54, 1.807) is 0 Å². The third kappa shape index (κ3) is 10.0. The second-order valence-corrected chi connectivity index (χ2v) is 14.8. The number of rotatable bonds is 14. The highest BCUT2D eigenvalue weighted by molar-refractivity contribution is 8.00. The van der Waals surface area contributed by atoms with E-state index in [-0.39, 0.29) is 23.5 Å². The van der Waals surface area contributed by atoms with Gasteiger partial charge in [0.1, 0.15) is 29.6 Å². The maximum atomic E-state index is 13.2. The van der Waals surface area contributed by atoms with Crippen molar-refractivity contribution in [1.29, 1.82) is 5.26 Å². The molecule has 240 valence electrons. The summed E-state index contributed by atoms with van der Waals surface area (Å²) >= 11 is 1.17. The lowest BCUT2D eigenvalue weighted by Gasteiger charge is -2.21. The summed E-state index contributed by atoms with van der Waals surface area (Å²) < 4.78 is 24.7. The van der Waals surface area contributed by atoms with Crippen LogP contribution < -0.4 is 4.74 Å². The van der Waals surface area contributed by atoms with Crippen molar-refractivity contribution in [2.45, 2.75) is 64.0 Å². The van der Waals surface area contributed by atoms with Crippen LogP contribution in [0.1, 0.15) is 57.2 Å². The van der Waals surface area contributed by atoms with Gasteiger partial charge in [0.25, 0.3) is 0 Å². The van der Waals surface area contributed by atoms with Crippen LogP contribution in [0, 0.1) is 18.3 Å². The van der Waals surface area contributed by atoms with Gasteiger partial charge >= 0.3 is 5.97 Å². The first-order valence-electron chi connectivity index (χ1n) is 15.6. The Morgan fingerprint density at radius 3 is 2.33 bits per heavy atom. The van der Waals surface area contributed by atoms with Crippen molar-refractivity contribution in [3.63, 3.8) is 0 Å². The molecule has 6 nitrogen and oxygen atoms in total. The molecule has 0 saturated heterocycles. The number of hydrogen-bond donors (Lipinski definition) is 0. The highest BCUT2D eigenvalue weighted by Crippen LogP contribution is 2.34. The maximum Gasteiger partial charge on any atom is 0.316 e. The number of benzene rings is 3. The minimum atomic E-state index is -1.15. The van der Waals surface area contributed by atoms with Crippen LogP contribution >= 0.6 is 11.8 Å². The molecule has 4 aromatic rings. The Labute approximate surface area is 280 Å². The quantitative estimate of drug-likeness (QED) is 0.0995. The molecule has 1 aromatic heterocycles. The molecule has 0 fully saturated rings. The molecule has 0 amide bonds. The minimum Gasteiger partial charge on any atom is -0.490 e. The van der Waals surface area contributed by atoms with Crippen molar-refractivity contribution in [2.24, 2.45) is 0 Å². The largest absolute Gasteiger partial charge is 0.490 e. The fourth-order valence-corrected chi connectivity index (χ4v) is 6.89. The summed E-state index contributed by atoms with van der Waals surface area (Å²) in [6.45, 7) is 10.6. The summed E-state index contributed by atoms with van der Waals surface area (Å²) in [5.74, 6) is 0.849. The van der Waals surface area contributed by atoms with E-state index in [1.807, 2.05) is 91.9 Å². The molecule has 3 aromatic carbocycles. The number of nitriles is 1. The van der Waals surface area contributed by atoms with E-state index in [0.717, 1.165) is 35.1 Å². The molecule has 0 bridgehead atoms. The summed E-state index contributed by atoms with van der Waals surface area (Å²) in [4.78, 5) is 18.0. The molecule has 2 atom stereocenters. The molecule has 0 spiro atoms. The molecule has 1 heterocycles. The van der Waals surface area contributed by atoms with E-state index in [2.05, 4.69) is 33.8 Å². The molecule has 0 saturated carbocycles. The lowest BCUT2D eigenvalue weighted by atomic mass is 9.87. The molecule has 0 aliphatic rings. The van der Waals surface area contributed by atoms with Gasteiger partial charge in [0.2, 0.25) is 0 Å². The first-order valence-corrected chi connectivity index (χ1v) is 18.0. The Bertz CT molecular complexity index is 1660. The first kappa shape index (κ1) is 34.9. The summed E-state index contributed by atoms with van der Waals surface area (Å²) in [5, 5.41) is 10.7. The zero-order valence-corrected chi connectivity index (χ0v) is 28.9. The van der Waals surface area contributed by atoms with Crippen LogP contribution in [-0.2, 0) is 25.7 Å². The number of carbonyl (C=O) groups is 1. The smallest absolute Gasteiger partial charge is 0.316 e. The number of nitrogens with zero attached hydrogens (tertiary/aromatic N) is 2. The molecule has 4 rings (SSSR count). The van der Waals surface area contributed by atoms with Gasteiger partial charge in [-0.25, -0.2) is 4.98 Å². The number of pyridine rings is 1. The van der Waals surface area contributed by atoms with Crippen LogP contribution in [0.4, 0.5) is 0 Å². The van der Waals surface area contributed by atoms with Crippen molar-refractivity contribution in [2.75, 3.05) is 23.9 Å². The van der Waals surface area contributed by atoms with E-state index in [4.69, 9.17) is 14.5 Å². The summed E-state index contributed by atoms with van der Waals surface area (Å²) in [7, 11) is -1.15. The highest BCUT2D eigenvalue weighted by atomic mass is 32.2. The topological polar surface area (TPSA) is 89.3 Å². The predicted molar refractivity (Wildman–Crippen MR) is 189 cm³/mol. The molecular formula is C38H42N2O4S2. The van der Waals surface area contributed by atoms with Gasteiger partial charge in [0.15, 0.2) is 0 Å². The van der Waals surface area contributed by atoms with Gasteiger partial charge < -0.3 is 9.47 Å². The molecular weight excluding hydrogens is 613 g/mol. The second-order valence-electron chi connectivity index (χ2n) is 12.2. The van der Waals surface area contributed by atoms with E-state index >= 15 is 0 Å². The Balaban J connectivity index is 1.52. The number of ether oxygens (including phenoxy) is 2. The molecule has 2 unspecified atom stereocenters. The lowest BCUT2D eigenvalue weighted by Crippen LogP contribution is -2.32. The van der Waals surface area contributed by atoms with Crippen molar-refractivity contribution < 1.29 is 18.5 Å². The third-order valence-corrected chi connectivity index (χ3v) is 9.85. The second kappa shape index (κ2) is 16.6. The number of aryl methyl sites for hydroxylation is 1. The molecule has 46 heavy (non-hydrogen) atoms. The standard InChI is InChI=1S/C38H42N2O4S2/c1-6-7-21-46(42)26-32(24-43-31-19-17-30(18-20-31)38(3,4)5)44-36(41)25-45-37-34(23-39)33(28-11-9-8-10-12-28)22-35(40-37)29-15-13-27(2)14-16-29/h8-20,22,32H,6-7,21,24-26H2,1-5H3. The Hall–Kier alpha value is -3.93. The lowest BCUT2D eigenvalue weighted by molar-refractivity contribution is -0.146. The van der Waals surface area contributed by atoms with Crippen LogP contribution in [0.5, 0.6) is 5.75 Å². The van der Waals surface area contributed by atoms with Crippen LogP contribution in [-0.4, -0.2) is 45.1 Å². The van der Waals surface area contributed by atoms with E-state index in [0.29, 0.717) is 27.8 Å². The van der Waals surface area contributed by atoms with Crippen LogP contribution in [0.25, 0.3) is 22.4 Å². The van der Waals surface area contributed by atoms with Gasteiger partial charge in [-0.2, -0.15) is 5.26 Å². The van der Waals surface area contributed by atoms with Gasteiger partial charge in [0, 0.05) is 27.7 Å². The van der Waals surface area contributed by atoms with Crippen LogP contribution in [0.15, 0.2) is 90.0 Å². The normalized spacial score (nSPS) is 12.6. The fraction of sp³-hybridized carbons (Fsp3) is 0.342. The predicted octanol–water partition coefficient (Wildman–Crippen LogP) is 8.52. The Morgan fingerprint density at radius 2 is 1.70 bits per heavy atom. The Kier molecular flexibility index (Phi) is 12.6. The summed E-state index contributed by atoms with van der Waals surface area (Å²) in [6.07, 6.45) is 1.09. The minimum absolute atomic E-state index is 0.0201. The SMILES string of the molecule is CCCCS(=O)CC(COc1ccc(C(C)(C)C)cc1)OC(=O)CSc1nc(-c2ccc(C)cc2)cc(-c2ccccc2)c1C#N. The average Bonchev–Trinajstić information content (AvgIpc) is 3.05. The van der Waals surface area contributed by atoms with Crippen molar-refractivity contribution in [1.82, 2.24) is 4.98 Å². The number of esters is 1. The number of aromatic nitrogens is 1. The van der Waals surface area contributed by atoms with Gasteiger partial charge in [-0.3, -0.25) is 9.00 Å². The molecule has 0 aliphatic heterocycles. The summed E-state index contributed by atoms with van der Waals surface area (Å²) in [6, 6.07) is 29.9. The number of thioether (sulfide) groups is 1. The third-order valence-electron chi connectivity index (χ3n) is 7.41. The average molecular weight is 655 g/mol. The van der Waals surface area contributed by atoms with Gasteiger partial charge in [0.05, 0.1) is 22.8 Å². The first-order chi connectivity index (χ1) is 22.1. The van der Waals surface area contributed by atoms with Crippen molar-refractivity contribution in [3.8, 4) is 34.2 Å². The number of unbranched alkanes of at least 4 members (excludes halogenated alkanes) is 1. The van der Waals surface area contributed by atoms with E-state index in [9.17, 15) is 14.3 Å². The number of carbonyl (C=O) groups excluding carboxylic acids is 1. The van der Waals surface area contributed by atoms with E-state index in [1.165, 1.54) is 17.3 Å². The van der Waals surface area contributed by atoms with Crippen molar-refractivity contribution >= 4 is 28.5 Å². The zero-order valence-electron chi connectivity index (χ0n) is 27.2. The Morgan fingerprint density at radius 1 is 1.00 bits per heavy atom. The van der Waals surface area contributed by atoms with Gasteiger partial charge in [-0.05, 0) is 48.1 Å². The van der Waals surface area contributed by atoms with Crippen molar-refractivity contribution in [3.05, 3.63) is 102 Å². The fourth-order valence-electron chi connectivity index (χ4n) is 4.75. The number of hydrogen-bond acceptors (Lipinski definition) is 7. The molecule has 0 aliphatic carbocycles. The molecule has 0 radical (unpaired) electrons.